The van der Waals surface area contributed by atoms with Crippen molar-refractivity contribution in [2.24, 2.45) is 0 Å². The molecule has 3 N–H and O–H groups in total. The van der Waals surface area contributed by atoms with Crippen LogP contribution in [0, 0.1) is 0 Å². The molecule has 0 saturated heterocycles. The lowest BCUT2D eigenvalue weighted by Crippen LogP contribution is -2.95. The Balaban J connectivity index is 3.01. The maximum Gasteiger partial charge on any atom is 0.109 e. The third-order valence-electron chi connectivity index (χ3n) is 3.89. The van der Waals surface area contributed by atoms with Gasteiger partial charge in [-0.2, -0.15) is 0 Å². The molecule has 20 heavy (non-hydrogen) atoms. The second kappa shape index (κ2) is 8.03. The number of nitrogens with two attached hydrogens (primary N) is 1. The molecule has 1 aliphatic rings. The van der Waals surface area contributed by atoms with Crippen LogP contribution in [0.5, 0.6) is 0 Å². The van der Waals surface area contributed by atoms with Crippen LogP contribution in [0.1, 0.15) is 32.1 Å². The molecule has 0 amide bonds. The summed E-state index contributed by atoms with van der Waals surface area (Å²) in [5, 5.41) is 13.3. The van der Waals surface area contributed by atoms with Crippen molar-refractivity contribution in [3.8, 4) is 0 Å². The molecule has 0 spiro atoms. The first-order valence-electron chi connectivity index (χ1n) is 7.31. The Bertz CT molecular complexity index is 384. The molecule has 110 valence electrons. The molecule has 0 saturated carbocycles. The fourth-order valence-electron chi connectivity index (χ4n) is 2.97. The number of hydrogen-bond donors (Lipinski definition) is 2. The second-order valence-electron chi connectivity index (χ2n) is 5.58. The van der Waals surface area contributed by atoms with Crippen molar-refractivity contribution in [2.75, 3.05) is 0 Å². The van der Waals surface area contributed by atoms with Crippen LogP contribution in [-0.4, -0.2) is 22.8 Å². The largest absolute Gasteiger partial charge is 0.385 e. The smallest absolute Gasteiger partial charge is 0.109 e. The van der Waals surface area contributed by atoms with Gasteiger partial charge in [-0.25, -0.2) is 0 Å². The van der Waals surface area contributed by atoms with Crippen molar-refractivity contribution in [2.45, 2.75) is 49.8 Å². The summed E-state index contributed by atoms with van der Waals surface area (Å²) in [7, 11) is 0. The molecule has 0 fully saturated rings. The van der Waals surface area contributed by atoms with Crippen LogP contribution < -0.4 is 5.32 Å². The van der Waals surface area contributed by atoms with Crippen LogP contribution in [0.4, 0.5) is 0 Å². The van der Waals surface area contributed by atoms with E-state index < -0.39 is 5.60 Å². The van der Waals surface area contributed by atoms with E-state index in [0.717, 1.165) is 24.8 Å². The zero-order valence-electron chi connectivity index (χ0n) is 12.4. The molecule has 1 heterocycles. The molecule has 0 unspecified atom stereocenters. The number of hydrogen-bond acceptors (Lipinski definition) is 1. The van der Waals surface area contributed by atoms with Gasteiger partial charge in [-0.15, -0.1) is 26.3 Å². The van der Waals surface area contributed by atoms with E-state index in [9.17, 15) is 5.11 Å². The van der Waals surface area contributed by atoms with E-state index in [1.165, 1.54) is 0 Å². The van der Waals surface area contributed by atoms with Crippen LogP contribution in [0.15, 0.2) is 62.3 Å². The summed E-state index contributed by atoms with van der Waals surface area (Å²) in [6.45, 7) is 15.2. The van der Waals surface area contributed by atoms with Crippen LogP contribution in [-0.2, 0) is 0 Å². The maximum atomic E-state index is 10.9. The molecule has 2 atom stereocenters. The highest BCUT2D eigenvalue weighted by Gasteiger charge is 2.35. The lowest BCUT2D eigenvalue weighted by Gasteiger charge is -2.35. The van der Waals surface area contributed by atoms with Crippen molar-refractivity contribution in [3.05, 3.63) is 62.3 Å². The van der Waals surface area contributed by atoms with E-state index >= 15 is 0 Å². The summed E-state index contributed by atoms with van der Waals surface area (Å²) in [5.41, 5.74) is 0.273. The van der Waals surface area contributed by atoms with Gasteiger partial charge in [0.2, 0.25) is 0 Å². The minimum absolute atomic E-state index is 0.349. The van der Waals surface area contributed by atoms with Crippen LogP contribution in [0.25, 0.3) is 0 Å². The van der Waals surface area contributed by atoms with Gasteiger partial charge in [-0.3, -0.25) is 0 Å². The molecular formula is C18H28NO+. The van der Waals surface area contributed by atoms with Gasteiger partial charge in [0.1, 0.15) is 6.04 Å². The highest BCUT2D eigenvalue weighted by molar-refractivity contribution is 5.23. The highest BCUT2D eigenvalue weighted by atomic mass is 16.3. The maximum absolute atomic E-state index is 10.9. The van der Waals surface area contributed by atoms with Crippen molar-refractivity contribution >= 4 is 0 Å². The molecule has 2 nitrogen and oxygen atoms in total. The van der Waals surface area contributed by atoms with Crippen molar-refractivity contribution < 1.29 is 10.4 Å². The summed E-state index contributed by atoms with van der Waals surface area (Å²) in [4.78, 5) is 0. The zero-order valence-corrected chi connectivity index (χ0v) is 12.4. The summed E-state index contributed by atoms with van der Waals surface area (Å²) in [5.74, 6) is 0. The Labute approximate surface area is 123 Å². The van der Waals surface area contributed by atoms with Crippen molar-refractivity contribution in [1.29, 1.82) is 0 Å². The fraction of sp³-hybridized carbons (Fsp3) is 0.444. The third kappa shape index (κ3) is 4.32. The normalized spacial score (nSPS) is 22.8. The Hall–Kier alpha value is -1.38. The first kappa shape index (κ1) is 16.7. The summed E-state index contributed by atoms with van der Waals surface area (Å²) < 4.78 is 0. The quantitative estimate of drug-likeness (QED) is 0.623. The molecular weight excluding hydrogens is 246 g/mol. The predicted molar refractivity (Wildman–Crippen MR) is 86.4 cm³/mol. The summed E-state index contributed by atoms with van der Waals surface area (Å²) in [6.07, 6.45) is 13.5. The van der Waals surface area contributed by atoms with Gasteiger partial charge in [0.05, 0.1) is 11.6 Å². The Morgan fingerprint density at radius 1 is 1.10 bits per heavy atom. The van der Waals surface area contributed by atoms with Gasteiger partial charge >= 0.3 is 0 Å². The summed E-state index contributed by atoms with van der Waals surface area (Å²) >= 11 is 0. The third-order valence-corrected chi connectivity index (χ3v) is 3.89. The topological polar surface area (TPSA) is 36.8 Å². The van der Waals surface area contributed by atoms with Gasteiger partial charge in [0.15, 0.2) is 0 Å². The predicted octanol–water partition coefficient (Wildman–Crippen LogP) is 2.65. The molecule has 0 aromatic carbocycles. The van der Waals surface area contributed by atoms with Crippen LogP contribution in [0.3, 0.4) is 0 Å². The van der Waals surface area contributed by atoms with E-state index in [2.05, 4.69) is 37.7 Å². The SMILES string of the molecule is C=CC[C@H]1CC(C(O)(CC=C)CC=C)=C[C@@H](CC=C)[NH2+]1. The van der Waals surface area contributed by atoms with Crippen LogP contribution in [0.2, 0.25) is 0 Å². The monoisotopic (exact) mass is 274 g/mol. The lowest BCUT2D eigenvalue weighted by molar-refractivity contribution is -0.714. The van der Waals surface area contributed by atoms with E-state index in [0.29, 0.717) is 24.9 Å². The molecule has 0 bridgehead atoms. The van der Waals surface area contributed by atoms with Crippen LogP contribution >= 0.6 is 0 Å². The molecule has 1 rings (SSSR count). The average Bonchev–Trinajstić information content (AvgIpc) is 2.40. The molecule has 2 heteroatoms. The summed E-state index contributed by atoms with van der Waals surface area (Å²) in [6, 6.07) is 0.793. The molecule has 0 aliphatic carbocycles. The minimum atomic E-state index is -0.837. The standard InChI is InChI=1S/C18H27NO/c1-5-9-16-13-15(14-17(19-16)10-6-2)18(20,11-7-3)12-8-4/h5-8,13,16-17,19-20H,1-4,9-12,14H2/p+1/t16-,17+/m1/s1. The Morgan fingerprint density at radius 2 is 1.70 bits per heavy atom. The van der Waals surface area contributed by atoms with E-state index in [-0.39, 0.29) is 0 Å². The first-order valence-corrected chi connectivity index (χ1v) is 7.31. The second-order valence-corrected chi connectivity index (χ2v) is 5.58. The Kier molecular flexibility index (Phi) is 6.69. The van der Waals surface area contributed by atoms with E-state index in [1.807, 2.05) is 12.2 Å². The van der Waals surface area contributed by atoms with E-state index in [1.54, 1.807) is 12.2 Å². The van der Waals surface area contributed by atoms with Gasteiger partial charge in [0.25, 0.3) is 0 Å². The number of quaternary nitrogens is 1. The van der Waals surface area contributed by atoms with Gasteiger partial charge in [0, 0.05) is 19.3 Å². The van der Waals surface area contributed by atoms with Gasteiger partial charge in [-0.1, -0.05) is 24.3 Å². The zero-order chi connectivity index (χ0) is 15.0. The van der Waals surface area contributed by atoms with Gasteiger partial charge < -0.3 is 10.4 Å². The Morgan fingerprint density at radius 3 is 2.20 bits per heavy atom. The van der Waals surface area contributed by atoms with Crippen molar-refractivity contribution in [3.63, 3.8) is 0 Å². The van der Waals surface area contributed by atoms with Crippen molar-refractivity contribution in [1.82, 2.24) is 0 Å². The molecule has 0 radical (unpaired) electrons. The van der Waals surface area contributed by atoms with Gasteiger partial charge in [-0.05, 0) is 24.5 Å². The fourth-order valence-corrected chi connectivity index (χ4v) is 2.97. The highest BCUT2D eigenvalue weighted by Crippen LogP contribution is 2.31. The number of rotatable bonds is 9. The molecule has 0 aromatic heterocycles. The molecule has 0 aromatic rings. The van der Waals surface area contributed by atoms with E-state index in [4.69, 9.17) is 0 Å². The number of aliphatic hydroxyl groups is 1. The average molecular weight is 274 g/mol. The minimum Gasteiger partial charge on any atom is -0.385 e. The lowest BCUT2D eigenvalue weighted by atomic mass is 9.79. The molecule has 1 aliphatic heterocycles. The first-order chi connectivity index (χ1) is 9.59.